The molecular formula is C27H25NO3S. The van der Waals surface area contributed by atoms with E-state index in [-0.39, 0.29) is 5.91 Å². The van der Waals surface area contributed by atoms with Crippen molar-refractivity contribution >= 4 is 39.9 Å². The maximum atomic E-state index is 12.7. The Hall–Kier alpha value is -3.44. The largest absolute Gasteiger partial charge is 0.496 e. The molecule has 0 saturated carbocycles. The molecule has 1 amide bonds. The molecule has 1 N–H and O–H groups in total. The first kappa shape index (κ1) is 21.8. The summed E-state index contributed by atoms with van der Waals surface area (Å²) in [5.41, 5.74) is 6.49. The lowest BCUT2D eigenvalue weighted by atomic mass is 9.99. The molecule has 0 radical (unpaired) electrons. The Kier molecular flexibility index (Phi) is 6.37. The summed E-state index contributed by atoms with van der Waals surface area (Å²) >= 11 is 1.60. The Morgan fingerprint density at radius 3 is 2.56 bits per heavy atom. The maximum Gasteiger partial charge on any atom is 0.248 e. The van der Waals surface area contributed by atoms with Gasteiger partial charge >= 0.3 is 0 Å². The Morgan fingerprint density at radius 2 is 1.84 bits per heavy atom. The molecule has 4 aromatic rings. The van der Waals surface area contributed by atoms with Crippen molar-refractivity contribution in [3.63, 3.8) is 0 Å². The summed E-state index contributed by atoms with van der Waals surface area (Å²) in [5, 5.41) is 3.96. The number of hydrogen-bond acceptors (Lipinski definition) is 4. The van der Waals surface area contributed by atoms with Gasteiger partial charge in [0.05, 0.1) is 19.1 Å². The molecule has 0 aliphatic rings. The number of rotatable bonds is 6. The van der Waals surface area contributed by atoms with E-state index < -0.39 is 0 Å². The summed E-state index contributed by atoms with van der Waals surface area (Å²) in [6.07, 6.45) is 5.36. The highest BCUT2D eigenvalue weighted by Crippen LogP contribution is 2.37. The molecule has 162 valence electrons. The number of aryl methyl sites for hydroxylation is 1. The fourth-order valence-corrected chi connectivity index (χ4v) is 4.23. The average molecular weight is 444 g/mol. The van der Waals surface area contributed by atoms with Crippen molar-refractivity contribution in [2.24, 2.45) is 0 Å². The maximum absolute atomic E-state index is 12.7. The number of benzene rings is 3. The number of para-hydroxylation sites is 1. The molecule has 3 aromatic carbocycles. The third-order valence-electron chi connectivity index (χ3n) is 5.40. The molecule has 0 fully saturated rings. The van der Waals surface area contributed by atoms with Crippen LogP contribution in [0.4, 0.5) is 5.69 Å². The molecule has 1 aromatic heterocycles. The number of fused-ring (bicyclic) bond motifs is 1. The van der Waals surface area contributed by atoms with Gasteiger partial charge in [-0.2, -0.15) is 0 Å². The molecule has 5 heteroatoms. The zero-order valence-electron chi connectivity index (χ0n) is 18.6. The zero-order valence-corrected chi connectivity index (χ0v) is 19.4. The number of hydrogen-bond donors (Lipinski definition) is 1. The van der Waals surface area contributed by atoms with E-state index in [1.54, 1.807) is 31.2 Å². The molecule has 0 spiro atoms. The summed E-state index contributed by atoms with van der Waals surface area (Å²) in [6, 6.07) is 20.0. The molecule has 4 rings (SSSR count). The lowest BCUT2D eigenvalue weighted by molar-refractivity contribution is -0.111. The monoisotopic (exact) mass is 443 g/mol. The Bertz CT molecular complexity index is 1300. The minimum atomic E-state index is -0.183. The van der Waals surface area contributed by atoms with E-state index in [1.807, 2.05) is 49.6 Å². The van der Waals surface area contributed by atoms with Crippen LogP contribution in [0.25, 0.3) is 27.7 Å². The number of allylic oxidation sites excluding steroid dienone is 1. The van der Waals surface area contributed by atoms with E-state index in [9.17, 15) is 4.79 Å². The standard InChI is InChI=1S/C27H25NO3S/c1-17-9-11-19(12-10-17)22-16-31-25-15-24(30-3)20(14-21(22)25)18(2)13-27(29)28-23-7-5-6-8-26(23)32-4/h5-16H,1-4H3,(H,28,29)/b18-13+. The van der Waals surface area contributed by atoms with Gasteiger partial charge in [0, 0.05) is 33.6 Å². The third kappa shape index (κ3) is 4.43. The highest BCUT2D eigenvalue weighted by atomic mass is 32.2. The molecule has 1 heterocycles. The summed E-state index contributed by atoms with van der Waals surface area (Å²) in [7, 11) is 1.62. The average Bonchev–Trinajstić information content (AvgIpc) is 3.21. The van der Waals surface area contributed by atoms with E-state index in [4.69, 9.17) is 9.15 Å². The number of carbonyl (C=O) groups is 1. The third-order valence-corrected chi connectivity index (χ3v) is 6.19. The van der Waals surface area contributed by atoms with Crippen molar-refractivity contribution < 1.29 is 13.9 Å². The quantitative estimate of drug-likeness (QED) is 0.253. The predicted octanol–water partition coefficient (Wildman–Crippen LogP) is 7.18. The van der Waals surface area contributed by atoms with Gasteiger partial charge in [0.15, 0.2) is 0 Å². The van der Waals surface area contributed by atoms with Gasteiger partial charge in [-0.3, -0.25) is 4.79 Å². The topological polar surface area (TPSA) is 51.5 Å². The highest BCUT2D eigenvalue weighted by molar-refractivity contribution is 7.98. The van der Waals surface area contributed by atoms with Crippen molar-refractivity contribution in [1.29, 1.82) is 0 Å². The Morgan fingerprint density at radius 1 is 1.09 bits per heavy atom. The first-order valence-electron chi connectivity index (χ1n) is 10.3. The SMILES string of the molecule is COc1cc2occ(-c3ccc(C)cc3)c2cc1/C(C)=C/C(=O)Nc1ccccc1SC. The minimum Gasteiger partial charge on any atom is -0.496 e. The summed E-state index contributed by atoms with van der Waals surface area (Å²) in [4.78, 5) is 13.8. The summed E-state index contributed by atoms with van der Waals surface area (Å²) in [5.74, 6) is 0.477. The Labute approximate surface area is 192 Å². The number of carbonyl (C=O) groups excluding carboxylic acids is 1. The molecule has 0 aliphatic heterocycles. The van der Waals surface area contributed by atoms with E-state index in [0.29, 0.717) is 5.75 Å². The fourth-order valence-electron chi connectivity index (χ4n) is 3.68. The van der Waals surface area contributed by atoms with Crippen LogP contribution in [0.15, 0.2) is 82.3 Å². The number of anilines is 1. The van der Waals surface area contributed by atoms with Crippen LogP contribution in [-0.4, -0.2) is 19.3 Å². The van der Waals surface area contributed by atoms with Gasteiger partial charge in [-0.05, 0) is 49.4 Å². The highest BCUT2D eigenvalue weighted by Gasteiger charge is 2.15. The van der Waals surface area contributed by atoms with Gasteiger partial charge in [0.25, 0.3) is 0 Å². The van der Waals surface area contributed by atoms with Crippen LogP contribution in [-0.2, 0) is 4.79 Å². The number of nitrogens with one attached hydrogen (secondary N) is 1. The van der Waals surface area contributed by atoms with Crippen molar-refractivity contribution in [1.82, 2.24) is 0 Å². The number of furan rings is 1. The second kappa shape index (κ2) is 9.37. The van der Waals surface area contributed by atoms with Crippen molar-refractivity contribution in [2.75, 3.05) is 18.7 Å². The van der Waals surface area contributed by atoms with Crippen LogP contribution < -0.4 is 10.1 Å². The first-order chi connectivity index (χ1) is 15.5. The summed E-state index contributed by atoms with van der Waals surface area (Å²) in [6.45, 7) is 3.98. The molecular weight excluding hydrogens is 418 g/mol. The minimum absolute atomic E-state index is 0.183. The number of amides is 1. The second-order valence-electron chi connectivity index (χ2n) is 7.58. The zero-order chi connectivity index (χ0) is 22.7. The van der Waals surface area contributed by atoms with Gasteiger partial charge in [-0.1, -0.05) is 42.0 Å². The van der Waals surface area contributed by atoms with Crippen LogP contribution in [0.5, 0.6) is 5.75 Å². The molecule has 32 heavy (non-hydrogen) atoms. The second-order valence-corrected chi connectivity index (χ2v) is 8.43. The smallest absolute Gasteiger partial charge is 0.248 e. The van der Waals surface area contributed by atoms with Gasteiger partial charge in [-0.15, -0.1) is 11.8 Å². The van der Waals surface area contributed by atoms with E-state index in [2.05, 4.69) is 36.5 Å². The fraction of sp³-hybridized carbons (Fsp3) is 0.148. The van der Waals surface area contributed by atoms with Crippen molar-refractivity contribution in [3.8, 4) is 16.9 Å². The molecule has 4 nitrogen and oxygen atoms in total. The molecule has 0 unspecified atom stereocenters. The van der Waals surface area contributed by atoms with Crippen LogP contribution in [0, 0.1) is 6.92 Å². The molecule has 0 bridgehead atoms. The van der Waals surface area contributed by atoms with Crippen molar-refractivity contribution in [2.45, 2.75) is 18.7 Å². The van der Waals surface area contributed by atoms with Gasteiger partial charge in [0.2, 0.25) is 5.91 Å². The summed E-state index contributed by atoms with van der Waals surface area (Å²) < 4.78 is 11.4. The number of thioether (sulfide) groups is 1. The number of methoxy groups -OCH3 is 1. The van der Waals surface area contributed by atoms with Gasteiger partial charge < -0.3 is 14.5 Å². The molecule has 0 saturated heterocycles. The predicted molar refractivity (Wildman–Crippen MR) is 133 cm³/mol. The van der Waals surface area contributed by atoms with Crippen LogP contribution in [0.3, 0.4) is 0 Å². The van der Waals surface area contributed by atoms with Crippen LogP contribution >= 0.6 is 11.8 Å². The lowest BCUT2D eigenvalue weighted by Crippen LogP contribution is -2.09. The van der Waals surface area contributed by atoms with Crippen LogP contribution in [0.1, 0.15) is 18.1 Å². The normalized spacial score (nSPS) is 11.6. The van der Waals surface area contributed by atoms with Crippen molar-refractivity contribution in [3.05, 3.63) is 84.1 Å². The van der Waals surface area contributed by atoms with E-state index >= 15 is 0 Å². The number of ether oxygens (including phenoxy) is 1. The lowest BCUT2D eigenvalue weighted by Gasteiger charge is -2.11. The van der Waals surface area contributed by atoms with E-state index in [1.165, 1.54) is 5.56 Å². The van der Waals surface area contributed by atoms with Crippen LogP contribution in [0.2, 0.25) is 0 Å². The molecule has 0 atom stereocenters. The van der Waals surface area contributed by atoms with Gasteiger partial charge in [-0.25, -0.2) is 0 Å². The first-order valence-corrected chi connectivity index (χ1v) is 11.5. The molecule has 0 aliphatic carbocycles. The van der Waals surface area contributed by atoms with Gasteiger partial charge in [0.1, 0.15) is 11.3 Å². The van der Waals surface area contributed by atoms with E-state index in [0.717, 1.165) is 43.8 Å². The Balaban J connectivity index is 1.71.